The molecule has 8 nitrogen and oxygen atoms in total. The zero-order valence-corrected chi connectivity index (χ0v) is 19.7. The maximum atomic E-state index is 12.8. The fraction of sp³-hybridized carbons (Fsp3) is 0.333. The van der Waals surface area contributed by atoms with Gasteiger partial charge in [0.25, 0.3) is 0 Å². The van der Waals surface area contributed by atoms with Gasteiger partial charge in [0.2, 0.25) is 0 Å². The van der Waals surface area contributed by atoms with Crippen LogP contribution in [0.25, 0.3) is 6.08 Å². The minimum Gasteiger partial charge on any atom is -0.507 e. The molecule has 1 aliphatic rings. The predicted molar refractivity (Wildman–Crippen MR) is 129 cm³/mol. The van der Waals surface area contributed by atoms with Crippen LogP contribution in [0.1, 0.15) is 41.3 Å². The van der Waals surface area contributed by atoms with Crippen LogP contribution in [-0.4, -0.2) is 58.8 Å². The van der Waals surface area contributed by atoms with Gasteiger partial charge in [-0.15, -0.1) is 0 Å². The number of aliphatic hydroxyl groups is 2. The highest BCUT2D eigenvalue weighted by Crippen LogP contribution is 2.30. The van der Waals surface area contributed by atoms with E-state index in [0.29, 0.717) is 11.3 Å². The molecular weight excluding hydrogens is 452 g/mol. The third-order valence-electron chi connectivity index (χ3n) is 5.53. The maximum Gasteiger partial charge on any atom is 0.342 e. The Bertz CT molecular complexity index is 1080. The van der Waals surface area contributed by atoms with Crippen molar-refractivity contribution < 1.29 is 39.1 Å². The minimum atomic E-state index is -1.39. The lowest BCUT2D eigenvalue weighted by atomic mass is 10.0. The first-order valence-corrected chi connectivity index (χ1v) is 11.3. The molecule has 186 valence electrons. The summed E-state index contributed by atoms with van der Waals surface area (Å²) in [5, 5.41) is 31.7. The van der Waals surface area contributed by atoms with Crippen molar-refractivity contribution >= 4 is 18.0 Å². The molecule has 0 unspecified atom stereocenters. The molecule has 0 spiro atoms. The quantitative estimate of drug-likeness (QED) is 0.449. The second-order valence-electron chi connectivity index (χ2n) is 8.30. The van der Waals surface area contributed by atoms with Crippen molar-refractivity contribution in [2.24, 2.45) is 0 Å². The Morgan fingerprint density at radius 3 is 2.57 bits per heavy atom. The molecule has 0 aliphatic carbocycles. The summed E-state index contributed by atoms with van der Waals surface area (Å²) in [5.74, 6) is -1.23. The second kappa shape index (κ2) is 12.2. The van der Waals surface area contributed by atoms with Gasteiger partial charge in [-0.3, -0.25) is 4.79 Å². The monoisotopic (exact) mass is 482 g/mol. The van der Waals surface area contributed by atoms with Crippen LogP contribution in [-0.2, 0) is 20.7 Å². The van der Waals surface area contributed by atoms with E-state index >= 15 is 0 Å². The number of esters is 2. The molecule has 1 aliphatic heterocycles. The van der Waals surface area contributed by atoms with Crippen molar-refractivity contribution in [2.75, 3.05) is 7.11 Å². The van der Waals surface area contributed by atoms with Crippen molar-refractivity contribution in [3.63, 3.8) is 0 Å². The number of cyclic esters (lactones) is 1. The molecule has 0 radical (unpaired) electrons. The normalized spacial score (nSPS) is 23.9. The number of fused-ring (bicyclic) bond motifs is 1. The van der Waals surface area contributed by atoms with E-state index in [9.17, 15) is 24.9 Å². The van der Waals surface area contributed by atoms with Crippen molar-refractivity contribution in [3.8, 4) is 11.5 Å². The van der Waals surface area contributed by atoms with E-state index in [1.54, 1.807) is 37.3 Å². The number of phenolic OH excluding ortho intramolecular Hbond substituents is 1. The lowest BCUT2D eigenvalue weighted by molar-refractivity contribution is -0.154. The lowest BCUT2D eigenvalue weighted by Gasteiger charge is -2.24. The van der Waals surface area contributed by atoms with Gasteiger partial charge in [-0.1, -0.05) is 48.6 Å². The minimum absolute atomic E-state index is 0.00932. The van der Waals surface area contributed by atoms with Crippen molar-refractivity contribution in [1.82, 2.24) is 0 Å². The maximum absolute atomic E-state index is 12.8. The molecule has 0 amide bonds. The Labute approximate surface area is 204 Å². The van der Waals surface area contributed by atoms with Gasteiger partial charge >= 0.3 is 11.9 Å². The lowest BCUT2D eigenvalue weighted by Crippen LogP contribution is -2.39. The van der Waals surface area contributed by atoms with E-state index in [4.69, 9.17) is 14.2 Å². The molecule has 0 fully saturated rings. The molecule has 35 heavy (non-hydrogen) atoms. The number of hydrogen-bond acceptors (Lipinski definition) is 8. The molecular formula is C27H30O8. The van der Waals surface area contributed by atoms with Crippen LogP contribution in [0.2, 0.25) is 0 Å². The topological polar surface area (TPSA) is 123 Å². The zero-order valence-electron chi connectivity index (χ0n) is 19.7. The van der Waals surface area contributed by atoms with Gasteiger partial charge in [0.1, 0.15) is 35.4 Å². The summed E-state index contributed by atoms with van der Waals surface area (Å²) in [6.45, 7) is 1.67. The van der Waals surface area contributed by atoms with Gasteiger partial charge in [0.15, 0.2) is 0 Å². The third-order valence-corrected chi connectivity index (χ3v) is 5.53. The Balaban J connectivity index is 1.84. The number of aliphatic hydroxyl groups excluding tert-OH is 2. The molecule has 0 bridgehead atoms. The van der Waals surface area contributed by atoms with Crippen LogP contribution >= 0.6 is 0 Å². The summed E-state index contributed by atoms with van der Waals surface area (Å²) in [7, 11) is 1.43. The number of carbonyl (C=O) groups is 2. The molecule has 0 saturated heterocycles. The third kappa shape index (κ3) is 7.18. The van der Waals surface area contributed by atoms with Crippen LogP contribution in [0.15, 0.2) is 60.7 Å². The van der Waals surface area contributed by atoms with Crippen LogP contribution in [0.5, 0.6) is 11.5 Å². The fourth-order valence-corrected chi connectivity index (χ4v) is 3.66. The number of carbonyl (C=O) groups excluding carboxylic acids is 2. The molecule has 8 heteroatoms. The molecule has 0 saturated carbocycles. The number of rotatable bonds is 4. The van der Waals surface area contributed by atoms with Crippen LogP contribution in [0.4, 0.5) is 0 Å². The molecule has 2 aromatic carbocycles. The van der Waals surface area contributed by atoms with Crippen LogP contribution in [0, 0.1) is 0 Å². The van der Waals surface area contributed by atoms with Crippen LogP contribution < -0.4 is 4.74 Å². The van der Waals surface area contributed by atoms with E-state index in [1.807, 2.05) is 18.2 Å². The number of phenols is 1. The summed E-state index contributed by atoms with van der Waals surface area (Å²) in [6.07, 6.45) is 2.09. The largest absolute Gasteiger partial charge is 0.507 e. The van der Waals surface area contributed by atoms with E-state index in [1.165, 1.54) is 25.3 Å². The van der Waals surface area contributed by atoms with Gasteiger partial charge in [-0.2, -0.15) is 0 Å². The predicted octanol–water partition coefficient (Wildman–Crippen LogP) is 3.19. The number of hydrogen-bond donors (Lipinski definition) is 3. The molecule has 2 aromatic rings. The number of benzene rings is 2. The summed E-state index contributed by atoms with van der Waals surface area (Å²) >= 11 is 0. The Kier molecular flexibility index (Phi) is 9.05. The smallest absolute Gasteiger partial charge is 0.342 e. The highest BCUT2D eigenvalue weighted by molar-refractivity contribution is 5.97. The van der Waals surface area contributed by atoms with Gasteiger partial charge in [0, 0.05) is 12.5 Å². The van der Waals surface area contributed by atoms with Gasteiger partial charge < -0.3 is 29.5 Å². The molecule has 3 rings (SSSR count). The van der Waals surface area contributed by atoms with Crippen molar-refractivity contribution in [2.45, 2.75) is 50.6 Å². The van der Waals surface area contributed by atoms with Gasteiger partial charge in [0.05, 0.1) is 19.6 Å². The molecule has 0 aromatic heterocycles. The first kappa shape index (κ1) is 26.0. The molecule has 4 atom stereocenters. The Morgan fingerprint density at radius 2 is 1.86 bits per heavy atom. The summed E-state index contributed by atoms with van der Waals surface area (Å²) in [6, 6.07) is 11.9. The Hall–Kier alpha value is -3.62. The first-order chi connectivity index (χ1) is 16.8. The zero-order chi connectivity index (χ0) is 25.4. The SMILES string of the molecule is COc1cc(O)c2c(c1)C=CC[C@H](O)[C@H](O)[C@@H](OC(=O)Cc1ccccc1)/C=C/C[C@H](C)OC2=O. The van der Waals surface area contributed by atoms with Crippen molar-refractivity contribution in [3.05, 3.63) is 77.4 Å². The van der Waals surface area contributed by atoms with E-state index in [-0.39, 0.29) is 30.6 Å². The molecule has 3 N–H and O–H groups in total. The summed E-state index contributed by atoms with van der Waals surface area (Å²) in [4.78, 5) is 25.2. The number of aromatic hydroxyl groups is 1. The van der Waals surface area contributed by atoms with E-state index in [2.05, 4.69) is 0 Å². The first-order valence-electron chi connectivity index (χ1n) is 11.3. The Morgan fingerprint density at radius 1 is 1.11 bits per heavy atom. The van der Waals surface area contributed by atoms with Gasteiger partial charge in [-0.25, -0.2) is 4.79 Å². The van der Waals surface area contributed by atoms with Crippen molar-refractivity contribution in [1.29, 1.82) is 0 Å². The highest BCUT2D eigenvalue weighted by Gasteiger charge is 2.28. The average Bonchev–Trinajstić information content (AvgIpc) is 2.82. The number of ether oxygens (including phenoxy) is 3. The summed E-state index contributed by atoms with van der Waals surface area (Å²) < 4.78 is 16.1. The fourth-order valence-electron chi connectivity index (χ4n) is 3.66. The van der Waals surface area contributed by atoms with E-state index in [0.717, 1.165) is 5.56 Å². The molecule has 1 heterocycles. The standard InChI is InChI=1S/C27H30O8/c1-17-8-6-13-23(35-24(30)14-18-9-4-3-5-10-18)26(31)21(28)12-7-11-19-15-20(33-2)16-22(29)25(19)27(32)34-17/h3-7,9-11,13,15-17,21,23,26,28-29,31H,8,12,14H2,1-2H3/b11-7?,13-6+/t17-,21-,23-,26-/m0/s1. The van der Waals surface area contributed by atoms with Gasteiger partial charge in [-0.05, 0) is 36.6 Å². The van der Waals surface area contributed by atoms with Crippen LogP contribution in [0.3, 0.4) is 0 Å². The average molecular weight is 483 g/mol. The number of methoxy groups -OCH3 is 1. The highest BCUT2D eigenvalue weighted by atomic mass is 16.6. The summed E-state index contributed by atoms with van der Waals surface area (Å²) in [5.41, 5.74) is 1.06. The second-order valence-corrected chi connectivity index (χ2v) is 8.30. The van der Waals surface area contributed by atoms with E-state index < -0.39 is 36.4 Å².